The second-order valence-electron chi connectivity index (χ2n) is 25.0. The second-order valence-corrected chi connectivity index (χ2v) is 26.1. The minimum Gasteiger partial charge on any atom is -0.309 e. The number of para-hydroxylation sites is 6. The Morgan fingerprint density at radius 3 is 1.00 bits per heavy atom. The van der Waals surface area contributed by atoms with Crippen molar-refractivity contribution in [3.8, 4) is 45.0 Å². The number of nitrogens with zero attached hydrogens (tertiary/aromatic N) is 4. The van der Waals surface area contributed by atoms with Crippen LogP contribution in [-0.2, 0) is 0 Å². The summed E-state index contributed by atoms with van der Waals surface area (Å²) in [7, 11) is 0. The SMILES string of the molecule is c1ccc(-n2c3ccccc3c3cc(-c4cccc5c4c4ccccc4n5-c4ccc5c6ccccc6c6ccccc6c5c4)ccc32)cc1.c1ccc(-n2c3ccccc3c3cc(-c4cccc5c4c4ccccc4n5-c4ccc5sc6ccccc6c5c4)ccc32)cc1. The van der Waals surface area contributed by atoms with Crippen molar-refractivity contribution in [2.45, 2.75) is 0 Å². The van der Waals surface area contributed by atoms with Crippen LogP contribution in [0.1, 0.15) is 0 Å². The predicted molar refractivity (Wildman–Crippen MR) is 407 cm³/mol. The van der Waals surface area contributed by atoms with Crippen molar-refractivity contribution in [2.24, 2.45) is 0 Å². The average molecular weight is 1230 g/mol. The molecule has 0 spiro atoms. The lowest BCUT2D eigenvalue weighted by Crippen LogP contribution is -1.94. The summed E-state index contributed by atoms with van der Waals surface area (Å²) in [6.45, 7) is 0. The summed E-state index contributed by atoms with van der Waals surface area (Å²) in [5, 5.41) is 20.5. The van der Waals surface area contributed by atoms with Gasteiger partial charge in [-0.1, -0.05) is 218 Å². The number of aromatic nitrogens is 4. The molecule has 0 saturated heterocycles. The van der Waals surface area contributed by atoms with E-state index in [9.17, 15) is 0 Å². The Kier molecular flexibility index (Phi) is 11.9. The van der Waals surface area contributed by atoms with E-state index in [-0.39, 0.29) is 0 Å². The molecule has 0 bridgehead atoms. The molecule has 0 aliphatic heterocycles. The average Bonchev–Trinajstić information content (AvgIpc) is 1.65. The highest BCUT2D eigenvalue weighted by atomic mass is 32.1. The van der Waals surface area contributed by atoms with Crippen LogP contribution in [0.2, 0.25) is 0 Å². The first-order valence-electron chi connectivity index (χ1n) is 32.6. The maximum absolute atomic E-state index is 2.46. The Hall–Kier alpha value is -12.3. The molecule has 0 N–H and O–H groups in total. The van der Waals surface area contributed by atoms with Gasteiger partial charge in [0.05, 0.1) is 44.1 Å². The molecule has 16 aromatic carbocycles. The van der Waals surface area contributed by atoms with Gasteiger partial charge in [-0.3, -0.25) is 0 Å². The van der Waals surface area contributed by atoms with Crippen LogP contribution in [0.3, 0.4) is 0 Å². The predicted octanol–water partition coefficient (Wildman–Crippen LogP) is 24.9. The molecule has 0 amide bonds. The maximum atomic E-state index is 2.46. The van der Waals surface area contributed by atoms with Crippen LogP contribution in [0.25, 0.3) is 185 Å². The van der Waals surface area contributed by atoms with Crippen LogP contribution >= 0.6 is 11.3 Å². The van der Waals surface area contributed by atoms with Gasteiger partial charge in [-0.15, -0.1) is 11.3 Å². The van der Waals surface area contributed by atoms with Gasteiger partial charge in [-0.25, -0.2) is 0 Å². The molecule has 4 nitrogen and oxygen atoms in total. The van der Waals surface area contributed by atoms with Crippen molar-refractivity contribution in [3.63, 3.8) is 0 Å². The Labute approximate surface area is 550 Å². The minimum atomic E-state index is 1.17. The number of benzene rings is 16. The van der Waals surface area contributed by atoms with E-state index in [0.29, 0.717) is 0 Å². The highest BCUT2D eigenvalue weighted by Gasteiger charge is 2.22. The Morgan fingerprint density at radius 2 is 0.505 bits per heavy atom. The number of fused-ring (bicyclic) bond motifs is 21. The van der Waals surface area contributed by atoms with E-state index < -0.39 is 0 Å². The summed E-state index contributed by atoms with van der Waals surface area (Å²) in [6, 6.07) is 124. The molecule has 95 heavy (non-hydrogen) atoms. The lowest BCUT2D eigenvalue weighted by atomic mass is 9.94. The van der Waals surface area contributed by atoms with Crippen LogP contribution in [0.15, 0.2) is 340 Å². The molecule has 5 heteroatoms. The van der Waals surface area contributed by atoms with E-state index >= 15 is 0 Å². The fraction of sp³-hybridized carbons (Fsp3) is 0. The van der Waals surface area contributed by atoms with Gasteiger partial charge < -0.3 is 18.3 Å². The van der Waals surface area contributed by atoms with Crippen LogP contribution < -0.4 is 0 Å². The normalized spacial score (nSPS) is 12.0. The van der Waals surface area contributed by atoms with E-state index in [1.807, 2.05) is 11.3 Å². The van der Waals surface area contributed by atoms with Gasteiger partial charge in [0.15, 0.2) is 0 Å². The van der Waals surface area contributed by atoms with Gasteiger partial charge >= 0.3 is 0 Å². The Balaban J connectivity index is 0.000000131. The largest absolute Gasteiger partial charge is 0.309 e. The lowest BCUT2D eigenvalue weighted by Gasteiger charge is -2.14. The first kappa shape index (κ1) is 53.4. The molecule has 21 aromatic rings. The number of rotatable bonds is 6. The van der Waals surface area contributed by atoms with Crippen LogP contribution in [0.4, 0.5) is 0 Å². The van der Waals surface area contributed by atoms with Gasteiger partial charge in [0.1, 0.15) is 0 Å². The van der Waals surface area contributed by atoms with Gasteiger partial charge in [-0.05, 0) is 176 Å². The third-order valence-corrected chi connectivity index (χ3v) is 21.1. The zero-order chi connectivity index (χ0) is 62.2. The van der Waals surface area contributed by atoms with Gasteiger partial charge in [0.2, 0.25) is 0 Å². The summed E-state index contributed by atoms with van der Waals surface area (Å²) in [5.41, 5.74) is 19.4. The molecule has 5 heterocycles. The van der Waals surface area contributed by atoms with E-state index in [1.54, 1.807) is 0 Å². The first-order chi connectivity index (χ1) is 47.2. The molecule has 442 valence electrons. The van der Waals surface area contributed by atoms with Crippen LogP contribution in [-0.4, -0.2) is 18.3 Å². The molecule has 0 saturated carbocycles. The van der Waals surface area contributed by atoms with E-state index in [0.717, 1.165) is 0 Å². The molecular weight excluding hydrogens is 1170 g/mol. The van der Waals surface area contributed by atoms with E-state index in [1.165, 1.54) is 185 Å². The fourth-order valence-corrected chi connectivity index (χ4v) is 17.0. The summed E-state index contributed by atoms with van der Waals surface area (Å²) >= 11 is 1.87. The van der Waals surface area contributed by atoms with E-state index in [4.69, 9.17) is 0 Å². The van der Waals surface area contributed by atoms with Gasteiger partial charge in [0, 0.05) is 86.0 Å². The van der Waals surface area contributed by atoms with Crippen molar-refractivity contribution < 1.29 is 0 Å². The van der Waals surface area contributed by atoms with Crippen molar-refractivity contribution in [2.75, 3.05) is 0 Å². The zero-order valence-corrected chi connectivity index (χ0v) is 52.3. The van der Waals surface area contributed by atoms with E-state index in [2.05, 4.69) is 358 Å². The smallest absolute Gasteiger partial charge is 0.0547 e. The highest BCUT2D eigenvalue weighted by Crippen LogP contribution is 2.46. The second kappa shape index (κ2) is 21.1. The zero-order valence-electron chi connectivity index (χ0n) is 51.5. The minimum absolute atomic E-state index is 1.17. The van der Waals surface area contributed by atoms with Crippen molar-refractivity contribution in [1.82, 2.24) is 18.3 Å². The number of thiophene rings is 1. The molecule has 0 radical (unpaired) electrons. The molecule has 0 aliphatic carbocycles. The first-order valence-corrected chi connectivity index (χ1v) is 33.5. The highest BCUT2D eigenvalue weighted by molar-refractivity contribution is 7.25. The molecule has 5 aromatic heterocycles. The monoisotopic (exact) mass is 1220 g/mol. The Bertz CT molecular complexity index is 6680. The van der Waals surface area contributed by atoms with Gasteiger partial charge in [0.25, 0.3) is 0 Å². The maximum Gasteiger partial charge on any atom is 0.0547 e. The summed E-state index contributed by atoms with van der Waals surface area (Å²) < 4.78 is 12.3. The molecular formula is C90H56N4S. The third-order valence-electron chi connectivity index (χ3n) is 20.0. The Morgan fingerprint density at radius 1 is 0.168 bits per heavy atom. The quantitative estimate of drug-likeness (QED) is 0.148. The number of hydrogen-bond acceptors (Lipinski definition) is 1. The fourth-order valence-electron chi connectivity index (χ4n) is 16.0. The summed E-state index contributed by atoms with van der Waals surface area (Å²) in [4.78, 5) is 0. The van der Waals surface area contributed by atoms with Crippen molar-refractivity contribution >= 4 is 151 Å². The van der Waals surface area contributed by atoms with Crippen molar-refractivity contribution in [3.05, 3.63) is 340 Å². The molecule has 0 unspecified atom stereocenters. The van der Waals surface area contributed by atoms with Gasteiger partial charge in [-0.2, -0.15) is 0 Å². The molecule has 0 aliphatic rings. The topological polar surface area (TPSA) is 19.7 Å². The molecule has 0 fully saturated rings. The third kappa shape index (κ3) is 8.13. The summed E-state index contributed by atoms with van der Waals surface area (Å²) in [5.74, 6) is 0. The molecule has 21 rings (SSSR count). The van der Waals surface area contributed by atoms with Crippen molar-refractivity contribution in [1.29, 1.82) is 0 Å². The summed E-state index contributed by atoms with van der Waals surface area (Å²) in [6.07, 6.45) is 0. The van der Waals surface area contributed by atoms with Crippen LogP contribution in [0.5, 0.6) is 0 Å². The van der Waals surface area contributed by atoms with Crippen LogP contribution in [0, 0.1) is 0 Å². The molecule has 0 atom stereocenters. The lowest BCUT2D eigenvalue weighted by molar-refractivity contribution is 1.18. The standard InChI is InChI=1S/C48H30N2.C42H26N2S/c1-2-13-32(14-3-1)49-44-22-10-8-19-40(44)43-29-31(25-28-46(43)49)34-21-12-24-47-48(34)41-20-9-11-23-45(41)50(47)33-26-27-39-37-17-5-4-15-35(37)36-16-6-7-18-38(36)42(39)30-33;1-2-11-28(12-3-1)43-36-17-7-4-13-31(36)34-25-27(21-23-38(34)43)30-16-10-19-39-42(30)33-15-5-8-18-37(33)44(39)29-22-24-41-35(26-29)32-14-6-9-20-40(32)45-41/h1-30H;1-26H. The number of hydrogen-bond donors (Lipinski definition) is 0.